The molecule has 1 aliphatic carbocycles. The highest BCUT2D eigenvalue weighted by atomic mass is 16.5. The van der Waals surface area contributed by atoms with Crippen LogP contribution in [0.3, 0.4) is 0 Å². The van der Waals surface area contributed by atoms with Gasteiger partial charge >= 0.3 is 0 Å². The molecule has 4 N–H and O–H groups in total. The number of para-hydroxylation sites is 1. The largest absolute Gasteiger partial charge is 0.496 e. The number of benzene rings is 2. The Bertz CT molecular complexity index is 1690. The Kier molecular flexibility index (Phi) is 8.08. The predicted molar refractivity (Wildman–Crippen MR) is 164 cm³/mol. The molecule has 1 aromatic heterocycles. The highest BCUT2D eigenvalue weighted by Gasteiger charge is 2.43. The maximum atomic E-state index is 14.0. The number of aryl methyl sites for hydroxylation is 1. The number of nitrogens with two attached hydrogens (primary N) is 1. The lowest BCUT2D eigenvalue weighted by molar-refractivity contribution is -0.118. The molecule has 5 rings (SSSR count). The van der Waals surface area contributed by atoms with Crippen LogP contribution in [0.25, 0.3) is 0 Å². The first-order valence-corrected chi connectivity index (χ1v) is 14.1. The summed E-state index contributed by atoms with van der Waals surface area (Å²) in [4.78, 5) is 44.0. The fourth-order valence-electron chi connectivity index (χ4n) is 5.90. The normalized spacial score (nSPS) is 17.6. The number of nitrogens with zero attached hydrogens (tertiary/aromatic N) is 1. The van der Waals surface area contributed by atoms with E-state index < -0.39 is 11.8 Å². The van der Waals surface area contributed by atoms with E-state index in [4.69, 9.17) is 15.2 Å². The number of hydrogen-bond acceptors (Lipinski definition) is 7. The molecule has 2 aliphatic rings. The van der Waals surface area contributed by atoms with E-state index in [1.165, 1.54) is 0 Å². The molecule has 2 heterocycles. The van der Waals surface area contributed by atoms with Gasteiger partial charge in [-0.15, -0.1) is 0 Å². The van der Waals surface area contributed by atoms with Gasteiger partial charge in [-0.2, -0.15) is 0 Å². The van der Waals surface area contributed by atoms with E-state index in [0.717, 1.165) is 16.8 Å². The molecule has 0 spiro atoms. The number of allylic oxidation sites excluding steroid dienone is 3. The van der Waals surface area contributed by atoms with Crippen molar-refractivity contribution in [2.45, 2.75) is 53.1 Å². The summed E-state index contributed by atoms with van der Waals surface area (Å²) in [7, 11) is 1.56. The molecule has 2 amide bonds. The number of ketones is 1. The molecule has 9 heteroatoms. The fraction of sp³-hybridized carbons (Fsp3) is 0.294. The van der Waals surface area contributed by atoms with Gasteiger partial charge in [-0.05, 0) is 67.1 Å². The molecule has 0 unspecified atom stereocenters. The van der Waals surface area contributed by atoms with E-state index in [2.05, 4.69) is 29.5 Å². The van der Waals surface area contributed by atoms with Gasteiger partial charge in [0.25, 0.3) is 11.8 Å². The van der Waals surface area contributed by atoms with Crippen molar-refractivity contribution in [1.82, 2.24) is 10.3 Å². The Hall–Kier alpha value is -4.92. The molecular formula is C34H36N4O5. The van der Waals surface area contributed by atoms with Crippen molar-refractivity contribution in [3.8, 4) is 11.5 Å². The molecule has 9 nitrogen and oxygen atoms in total. The third-order valence-electron chi connectivity index (χ3n) is 7.90. The Labute approximate surface area is 251 Å². The molecule has 0 saturated heterocycles. The van der Waals surface area contributed by atoms with Gasteiger partial charge in [0.1, 0.15) is 23.9 Å². The van der Waals surface area contributed by atoms with E-state index in [9.17, 15) is 14.4 Å². The smallest absolute Gasteiger partial charge is 0.255 e. The van der Waals surface area contributed by atoms with Crippen molar-refractivity contribution in [2.75, 3.05) is 12.4 Å². The first kappa shape index (κ1) is 29.6. The predicted octanol–water partition coefficient (Wildman–Crippen LogP) is 5.32. The summed E-state index contributed by atoms with van der Waals surface area (Å²) in [6.07, 6.45) is 2.67. The number of nitrogens with one attached hydrogen (secondary N) is 2. The van der Waals surface area contributed by atoms with Gasteiger partial charge in [-0.3, -0.25) is 14.4 Å². The minimum atomic E-state index is -0.633. The van der Waals surface area contributed by atoms with Crippen LogP contribution in [0.2, 0.25) is 0 Å². The Balaban J connectivity index is 1.58. The average molecular weight is 581 g/mol. The summed E-state index contributed by atoms with van der Waals surface area (Å²) in [5.74, 6) is -0.199. The molecule has 0 fully saturated rings. The second kappa shape index (κ2) is 11.8. The number of anilines is 1. The first-order chi connectivity index (χ1) is 20.5. The van der Waals surface area contributed by atoms with Gasteiger partial charge in [0.2, 0.25) is 0 Å². The van der Waals surface area contributed by atoms with Crippen molar-refractivity contribution in [2.24, 2.45) is 11.1 Å². The minimum Gasteiger partial charge on any atom is -0.496 e. The van der Waals surface area contributed by atoms with Gasteiger partial charge in [-0.1, -0.05) is 38.1 Å². The Morgan fingerprint density at radius 3 is 2.56 bits per heavy atom. The second-order valence-electron chi connectivity index (χ2n) is 11.8. The topological polar surface area (TPSA) is 133 Å². The van der Waals surface area contributed by atoms with Crippen LogP contribution in [-0.2, 0) is 16.2 Å². The molecule has 0 bridgehead atoms. The van der Waals surface area contributed by atoms with Crippen LogP contribution in [0, 0.1) is 12.3 Å². The van der Waals surface area contributed by atoms with E-state index >= 15 is 0 Å². The monoisotopic (exact) mass is 580 g/mol. The highest BCUT2D eigenvalue weighted by molar-refractivity contribution is 6.09. The van der Waals surface area contributed by atoms with Crippen LogP contribution < -0.4 is 25.8 Å². The van der Waals surface area contributed by atoms with Gasteiger partial charge in [-0.25, -0.2) is 4.98 Å². The zero-order valence-electron chi connectivity index (χ0n) is 25.0. The number of methoxy groups -OCH3 is 1. The van der Waals surface area contributed by atoms with Crippen molar-refractivity contribution < 1.29 is 23.9 Å². The lowest BCUT2D eigenvalue weighted by Crippen LogP contribution is -2.39. The van der Waals surface area contributed by atoms with Crippen molar-refractivity contribution in [1.29, 1.82) is 0 Å². The Morgan fingerprint density at radius 2 is 1.84 bits per heavy atom. The molecular weight excluding hydrogens is 544 g/mol. The Morgan fingerprint density at radius 1 is 1.07 bits per heavy atom. The number of hydrogen-bond donors (Lipinski definition) is 3. The summed E-state index contributed by atoms with van der Waals surface area (Å²) in [5.41, 5.74) is 10.4. The number of carbonyl (C=O) groups is 3. The number of carbonyl (C=O) groups excluding carboxylic acids is 3. The number of aromatic nitrogens is 1. The average Bonchev–Trinajstić information content (AvgIpc) is 2.95. The van der Waals surface area contributed by atoms with E-state index in [-0.39, 0.29) is 29.3 Å². The quantitative estimate of drug-likeness (QED) is 0.329. The van der Waals surface area contributed by atoms with Gasteiger partial charge in [0.15, 0.2) is 5.78 Å². The van der Waals surface area contributed by atoms with Crippen molar-refractivity contribution in [3.05, 3.63) is 106 Å². The van der Waals surface area contributed by atoms with Gasteiger partial charge in [0.05, 0.1) is 12.7 Å². The summed E-state index contributed by atoms with van der Waals surface area (Å²) >= 11 is 0. The van der Waals surface area contributed by atoms with Crippen LogP contribution in [0.15, 0.2) is 83.3 Å². The maximum Gasteiger partial charge on any atom is 0.255 e. The highest BCUT2D eigenvalue weighted by Crippen LogP contribution is 2.47. The molecule has 43 heavy (non-hydrogen) atoms. The summed E-state index contributed by atoms with van der Waals surface area (Å²) in [5, 5.41) is 6.36. The SMILES string of the molecule is COc1ccc([C@@H]2C(C(=O)Nc3ncccc3C)=C(C)NC3=C2C(=O)CC(C)(C)C3)cc1COc1ccccc1C(N)=O. The van der Waals surface area contributed by atoms with Crippen LogP contribution in [-0.4, -0.2) is 29.7 Å². The fourth-order valence-corrected chi connectivity index (χ4v) is 5.90. The lowest BCUT2D eigenvalue weighted by Gasteiger charge is -2.39. The molecule has 0 radical (unpaired) electrons. The summed E-state index contributed by atoms with van der Waals surface area (Å²) in [6, 6.07) is 16.0. The summed E-state index contributed by atoms with van der Waals surface area (Å²) < 4.78 is 11.7. The van der Waals surface area contributed by atoms with Crippen molar-refractivity contribution in [3.63, 3.8) is 0 Å². The third kappa shape index (κ3) is 6.02. The van der Waals surface area contributed by atoms with Crippen LogP contribution in [0.1, 0.15) is 66.6 Å². The second-order valence-corrected chi connectivity index (χ2v) is 11.8. The van der Waals surface area contributed by atoms with E-state index in [1.807, 2.05) is 38.1 Å². The molecule has 222 valence electrons. The van der Waals surface area contributed by atoms with Gasteiger partial charge < -0.3 is 25.8 Å². The number of ether oxygens (including phenoxy) is 2. The number of primary amides is 1. The molecule has 1 aliphatic heterocycles. The number of dihydropyridines is 1. The van der Waals surface area contributed by atoms with E-state index in [0.29, 0.717) is 52.6 Å². The zero-order chi connectivity index (χ0) is 30.9. The number of Topliss-reactive ketones (excluding diaryl/α,β-unsaturated/α-hetero) is 1. The maximum absolute atomic E-state index is 14.0. The van der Waals surface area contributed by atoms with Crippen molar-refractivity contribution >= 4 is 23.4 Å². The molecule has 3 aromatic rings. The number of pyridine rings is 1. The lowest BCUT2D eigenvalue weighted by atomic mass is 9.68. The van der Waals surface area contributed by atoms with Gasteiger partial charge in [0, 0.05) is 46.6 Å². The molecule has 1 atom stereocenters. The standard InChI is InChI=1S/C34H36N4O5/c1-19-9-8-14-36-32(19)38-33(41)28-20(2)37-24-16-34(3,4)17-25(39)30(24)29(28)21-12-13-26(42-5)22(15-21)18-43-27-11-7-6-10-23(27)31(35)40/h6-15,29,37H,16-18H2,1-5H3,(H2,35,40)(H,36,38,41)/t29-/m1/s1. The molecule has 0 saturated carbocycles. The first-order valence-electron chi connectivity index (χ1n) is 14.1. The van der Waals surface area contributed by atoms with Crippen LogP contribution in [0.5, 0.6) is 11.5 Å². The zero-order valence-corrected chi connectivity index (χ0v) is 25.0. The molecule has 2 aromatic carbocycles. The number of rotatable bonds is 8. The van der Waals surface area contributed by atoms with E-state index in [1.54, 1.807) is 43.6 Å². The minimum absolute atomic E-state index is 0.000398. The van der Waals surface area contributed by atoms with Crippen LogP contribution >= 0.6 is 0 Å². The number of amides is 2. The third-order valence-corrected chi connectivity index (χ3v) is 7.90. The van der Waals surface area contributed by atoms with Crippen LogP contribution in [0.4, 0.5) is 5.82 Å². The summed E-state index contributed by atoms with van der Waals surface area (Å²) in [6.45, 7) is 7.94.